The highest BCUT2D eigenvalue weighted by Gasteiger charge is 2.33. The Bertz CT molecular complexity index is 318. The van der Waals surface area contributed by atoms with Crippen LogP contribution >= 0.6 is 0 Å². The van der Waals surface area contributed by atoms with E-state index in [1.54, 1.807) is 0 Å². The highest BCUT2D eigenvalue weighted by molar-refractivity contribution is 5.80. The Morgan fingerprint density at radius 2 is 1.89 bits per heavy atom. The van der Waals surface area contributed by atoms with Crippen LogP contribution in [0.15, 0.2) is 16.3 Å². The van der Waals surface area contributed by atoms with Crippen LogP contribution in [-0.4, -0.2) is 30.6 Å². The molecule has 1 rings (SSSR count). The van der Waals surface area contributed by atoms with Crippen molar-refractivity contribution in [1.82, 2.24) is 0 Å². The fourth-order valence-corrected chi connectivity index (χ4v) is 2.06. The van der Waals surface area contributed by atoms with E-state index in [1.165, 1.54) is 6.42 Å². The molecule has 0 aromatic heterocycles. The number of aliphatic imine (C=N–C) groups is 1. The largest absolute Gasteiger partial charge is 0.431 e. The lowest BCUT2D eigenvalue weighted by atomic mass is 9.89. The molecule has 0 radical (unpaired) electrons. The maximum atomic E-state index is 12.3. The molecule has 1 saturated carbocycles. The van der Waals surface area contributed by atoms with Gasteiger partial charge in [0, 0.05) is 18.3 Å². The predicted octanol–water partition coefficient (Wildman–Crippen LogP) is 2.40. The summed E-state index contributed by atoms with van der Waals surface area (Å²) in [4.78, 5) is 3.98. The third-order valence-electron chi connectivity index (χ3n) is 3.16. The van der Waals surface area contributed by atoms with Gasteiger partial charge in [-0.2, -0.15) is 13.2 Å². The minimum absolute atomic E-state index is 0.363. The molecule has 0 amide bonds. The maximum absolute atomic E-state index is 12.3. The number of rotatable bonds is 4. The van der Waals surface area contributed by atoms with Crippen molar-refractivity contribution in [1.29, 1.82) is 0 Å². The van der Waals surface area contributed by atoms with Gasteiger partial charge in [-0.05, 0) is 18.8 Å². The van der Waals surface area contributed by atoms with Crippen molar-refractivity contribution in [3.63, 3.8) is 0 Å². The smallest absolute Gasteiger partial charge is 0.394 e. The van der Waals surface area contributed by atoms with Crippen molar-refractivity contribution in [3.8, 4) is 0 Å². The molecule has 104 valence electrons. The Morgan fingerprint density at radius 1 is 1.28 bits per heavy atom. The summed E-state index contributed by atoms with van der Waals surface area (Å²) in [6.07, 6.45) is 2.13. The van der Waals surface area contributed by atoms with Crippen molar-refractivity contribution in [2.75, 3.05) is 13.2 Å². The first-order valence-corrected chi connectivity index (χ1v) is 6.11. The number of aliphatic hydroxyl groups excluding tert-OH is 1. The van der Waals surface area contributed by atoms with Gasteiger partial charge in [-0.25, -0.2) is 0 Å². The van der Waals surface area contributed by atoms with Gasteiger partial charge < -0.3 is 10.8 Å². The summed E-state index contributed by atoms with van der Waals surface area (Å²) in [5.41, 5.74) is 3.30. The topological polar surface area (TPSA) is 58.6 Å². The average Bonchev–Trinajstić information content (AvgIpc) is 2.34. The van der Waals surface area contributed by atoms with Gasteiger partial charge in [-0.3, -0.25) is 4.99 Å². The van der Waals surface area contributed by atoms with Crippen LogP contribution < -0.4 is 5.73 Å². The first-order chi connectivity index (χ1) is 8.45. The van der Waals surface area contributed by atoms with Crippen molar-refractivity contribution in [2.24, 2.45) is 16.6 Å². The first kappa shape index (κ1) is 15.0. The highest BCUT2D eigenvalue weighted by atomic mass is 19.4. The van der Waals surface area contributed by atoms with Crippen LogP contribution in [-0.2, 0) is 0 Å². The van der Waals surface area contributed by atoms with Crippen molar-refractivity contribution < 1.29 is 18.3 Å². The summed E-state index contributed by atoms with van der Waals surface area (Å²) in [7, 11) is 0. The van der Waals surface area contributed by atoms with Gasteiger partial charge >= 0.3 is 6.18 Å². The molecule has 0 heterocycles. The molecule has 0 spiro atoms. The standard InChI is InChI=1S/C12H19F3N2O/c13-12(14,15)11(16)10(8-18)7-17-6-9-4-2-1-3-5-9/h7,9,18H,1-6,8,16H2. The van der Waals surface area contributed by atoms with E-state index in [-0.39, 0.29) is 5.57 Å². The number of nitrogens with zero attached hydrogens (tertiary/aromatic N) is 1. The zero-order valence-corrected chi connectivity index (χ0v) is 10.2. The fourth-order valence-electron chi connectivity index (χ4n) is 2.06. The Morgan fingerprint density at radius 3 is 2.39 bits per heavy atom. The minimum Gasteiger partial charge on any atom is -0.394 e. The van der Waals surface area contributed by atoms with Crippen LogP contribution in [0.3, 0.4) is 0 Å². The molecule has 0 saturated heterocycles. The van der Waals surface area contributed by atoms with E-state index in [0.717, 1.165) is 31.9 Å². The third kappa shape index (κ3) is 4.68. The van der Waals surface area contributed by atoms with Gasteiger partial charge in [-0.1, -0.05) is 19.3 Å². The van der Waals surface area contributed by atoms with E-state index in [9.17, 15) is 13.2 Å². The molecule has 0 aromatic carbocycles. The van der Waals surface area contributed by atoms with E-state index in [0.29, 0.717) is 12.5 Å². The second-order valence-corrected chi connectivity index (χ2v) is 4.59. The van der Waals surface area contributed by atoms with Gasteiger partial charge in [0.1, 0.15) is 5.70 Å². The van der Waals surface area contributed by atoms with E-state index in [4.69, 9.17) is 10.8 Å². The maximum Gasteiger partial charge on any atom is 0.431 e. The van der Waals surface area contributed by atoms with Crippen molar-refractivity contribution >= 4 is 6.21 Å². The molecule has 0 bridgehead atoms. The SMILES string of the molecule is NC(=C(C=NCC1CCCCC1)CO)C(F)(F)F. The molecule has 0 unspecified atom stereocenters. The van der Waals surface area contributed by atoms with Crippen LogP contribution in [0, 0.1) is 5.92 Å². The van der Waals surface area contributed by atoms with Crippen LogP contribution in [0.5, 0.6) is 0 Å². The van der Waals surface area contributed by atoms with E-state index < -0.39 is 18.5 Å². The van der Waals surface area contributed by atoms with Gasteiger partial charge in [0.05, 0.1) is 6.61 Å². The molecule has 3 nitrogen and oxygen atoms in total. The molecule has 1 fully saturated rings. The van der Waals surface area contributed by atoms with Crippen LogP contribution in [0.1, 0.15) is 32.1 Å². The zero-order chi connectivity index (χ0) is 13.6. The average molecular weight is 264 g/mol. The number of allylic oxidation sites excluding steroid dienone is 1. The number of hydrogen-bond donors (Lipinski definition) is 2. The Kier molecular flexibility index (Phi) is 5.65. The van der Waals surface area contributed by atoms with Crippen LogP contribution in [0.2, 0.25) is 0 Å². The summed E-state index contributed by atoms with van der Waals surface area (Å²) in [5.74, 6) is 0.446. The molecule has 6 heteroatoms. The van der Waals surface area contributed by atoms with E-state index in [1.807, 2.05) is 0 Å². The summed E-state index contributed by atoms with van der Waals surface area (Å²) in [6.45, 7) is -0.242. The van der Waals surface area contributed by atoms with Gasteiger partial charge in [-0.15, -0.1) is 0 Å². The molecule has 18 heavy (non-hydrogen) atoms. The Hall–Kier alpha value is -1.04. The minimum atomic E-state index is -4.62. The normalized spacial score (nSPS) is 20.2. The van der Waals surface area contributed by atoms with E-state index >= 15 is 0 Å². The molecule has 0 aliphatic heterocycles. The first-order valence-electron chi connectivity index (χ1n) is 6.11. The third-order valence-corrected chi connectivity index (χ3v) is 3.16. The van der Waals surface area contributed by atoms with Gasteiger partial charge in [0.25, 0.3) is 0 Å². The predicted molar refractivity (Wildman–Crippen MR) is 64.3 cm³/mol. The lowest BCUT2D eigenvalue weighted by Crippen LogP contribution is -2.23. The lowest BCUT2D eigenvalue weighted by molar-refractivity contribution is -0.0935. The van der Waals surface area contributed by atoms with Gasteiger partial charge in [0.2, 0.25) is 0 Å². The molecule has 1 aliphatic rings. The number of aliphatic hydroxyl groups is 1. The Labute approximate surface area is 105 Å². The summed E-state index contributed by atoms with van der Waals surface area (Å²) < 4.78 is 36.9. The summed E-state index contributed by atoms with van der Waals surface area (Å²) >= 11 is 0. The second-order valence-electron chi connectivity index (χ2n) is 4.59. The molecular weight excluding hydrogens is 245 g/mol. The molecule has 3 N–H and O–H groups in total. The second kappa shape index (κ2) is 6.78. The molecule has 0 aromatic rings. The van der Waals surface area contributed by atoms with Crippen LogP contribution in [0.4, 0.5) is 13.2 Å². The summed E-state index contributed by atoms with van der Waals surface area (Å²) in [5, 5.41) is 8.87. The number of nitrogens with two attached hydrogens (primary N) is 1. The molecule has 1 aliphatic carbocycles. The van der Waals surface area contributed by atoms with Crippen molar-refractivity contribution in [2.45, 2.75) is 38.3 Å². The van der Waals surface area contributed by atoms with Crippen LogP contribution in [0.25, 0.3) is 0 Å². The van der Waals surface area contributed by atoms with Gasteiger partial charge in [0.15, 0.2) is 0 Å². The number of alkyl halides is 3. The highest BCUT2D eigenvalue weighted by Crippen LogP contribution is 2.25. The molecular formula is C12H19F3N2O. The fraction of sp³-hybridized carbons (Fsp3) is 0.750. The molecule has 0 atom stereocenters. The number of hydrogen-bond acceptors (Lipinski definition) is 3. The quantitative estimate of drug-likeness (QED) is 0.766. The van der Waals surface area contributed by atoms with E-state index in [2.05, 4.69) is 4.99 Å². The monoisotopic (exact) mass is 264 g/mol. The van der Waals surface area contributed by atoms with Crippen molar-refractivity contribution in [3.05, 3.63) is 11.3 Å². The number of halogens is 3. The Balaban J connectivity index is 2.57. The summed E-state index contributed by atoms with van der Waals surface area (Å²) in [6, 6.07) is 0. The zero-order valence-electron chi connectivity index (χ0n) is 10.2. The lowest BCUT2D eigenvalue weighted by Gasteiger charge is -2.19.